The SMILES string of the molecule is Cc1nc(Sc2c(C(=O)O)c(C)nn2C)n[nH]1. The number of nitrogens with one attached hydrogen (secondary N) is 1. The molecular formula is C9H11N5O2S. The molecule has 2 N–H and O–H groups in total. The summed E-state index contributed by atoms with van der Waals surface area (Å²) in [5.74, 6) is -0.311. The predicted octanol–water partition coefficient (Wildman–Crippen LogP) is 1.00. The zero-order valence-corrected chi connectivity index (χ0v) is 10.4. The van der Waals surface area contributed by atoms with Crippen molar-refractivity contribution in [1.82, 2.24) is 25.0 Å². The van der Waals surface area contributed by atoms with Crippen molar-refractivity contribution in [3.05, 3.63) is 17.1 Å². The van der Waals surface area contributed by atoms with E-state index in [1.807, 2.05) is 0 Å². The molecule has 0 unspecified atom stereocenters. The van der Waals surface area contributed by atoms with Crippen LogP contribution in [0.2, 0.25) is 0 Å². The molecule has 0 saturated heterocycles. The number of aromatic nitrogens is 5. The maximum atomic E-state index is 11.1. The topological polar surface area (TPSA) is 96.7 Å². The van der Waals surface area contributed by atoms with Crippen LogP contribution in [0, 0.1) is 13.8 Å². The zero-order valence-electron chi connectivity index (χ0n) is 9.55. The highest BCUT2D eigenvalue weighted by atomic mass is 32.2. The van der Waals surface area contributed by atoms with Crippen LogP contribution in [0.25, 0.3) is 0 Å². The maximum absolute atomic E-state index is 11.1. The fourth-order valence-electron chi connectivity index (χ4n) is 1.45. The van der Waals surface area contributed by atoms with Gasteiger partial charge in [-0.2, -0.15) is 5.10 Å². The molecule has 0 amide bonds. The molecule has 0 saturated carbocycles. The van der Waals surface area contributed by atoms with Gasteiger partial charge in [-0.05, 0) is 25.6 Å². The number of nitrogens with zero attached hydrogens (tertiary/aromatic N) is 4. The Morgan fingerprint density at radius 1 is 1.47 bits per heavy atom. The van der Waals surface area contributed by atoms with Gasteiger partial charge in [-0.1, -0.05) is 0 Å². The summed E-state index contributed by atoms with van der Waals surface area (Å²) in [5, 5.41) is 20.9. The molecule has 0 spiro atoms. The van der Waals surface area contributed by atoms with E-state index in [4.69, 9.17) is 5.11 Å². The highest BCUT2D eigenvalue weighted by Gasteiger charge is 2.21. The Hall–Kier alpha value is -1.83. The van der Waals surface area contributed by atoms with Crippen LogP contribution in [0.3, 0.4) is 0 Å². The summed E-state index contributed by atoms with van der Waals surface area (Å²) in [6, 6.07) is 0. The van der Waals surface area contributed by atoms with Crippen LogP contribution in [-0.2, 0) is 7.05 Å². The fraction of sp³-hybridized carbons (Fsp3) is 0.333. The van der Waals surface area contributed by atoms with Gasteiger partial charge in [0.2, 0.25) is 5.16 Å². The van der Waals surface area contributed by atoms with Crippen LogP contribution in [0.1, 0.15) is 21.9 Å². The van der Waals surface area contributed by atoms with E-state index >= 15 is 0 Å². The molecular weight excluding hydrogens is 242 g/mol. The van der Waals surface area contributed by atoms with E-state index in [0.29, 0.717) is 21.7 Å². The molecule has 0 radical (unpaired) electrons. The Bertz CT molecular complexity index is 574. The van der Waals surface area contributed by atoms with E-state index < -0.39 is 5.97 Å². The molecule has 17 heavy (non-hydrogen) atoms. The van der Waals surface area contributed by atoms with Crippen molar-refractivity contribution in [3.8, 4) is 0 Å². The highest BCUT2D eigenvalue weighted by Crippen LogP contribution is 2.29. The van der Waals surface area contributed by atoms with E-state index in [9.17, 15) is 4.79 Å². The van der Waals surface area contributed by atoms with Gasteiger partial charge in [0.25, 0.3) is 0 Å². The molecule has 0 aliphatic rings. The lowest BCUT2D eigenvalue weighted by Crippen LogP contribution is -2.00. The number of carboxylic acid groups (broad SMARTS) is 1. The predicted molar refractivity (Wildman–Crippen MR) is 60.1 cm³/mol. The number of aromatic amines is 1. The summed E-state index contributed by atoms with van der Waals surface area (Å²) in [7, 11) is 1.70. The minimum Gasteiger partial charge on any atom is -0.478 e. The Morgan fingerprint density at radius 3 is 2.71 bits per heavy atom. The van der Waals surface area contributed by atoms with Crippen molar-refractivity contribution in [3.63, 3.8) is 0 Å². The minimum atomic E-state index is -0.995. The summed E-state index contributed by atoms with van der Waals surface area (Å²) in [4.78, 5) is 15.3. The summed E-state index contributed by atoms with van der Waals surface area (Å²) in [5.41, 5.74) is 0.676. The van der Waals surface area contributed by atoms with Crippen LogP contribution >= 0.6 is 11.8 Å². The number of H-pyrrole nitrogens is 1. The van der Waals surface area contributed by atoms with Gasteiger partial charge in [0.15, 0.2) is 0 Å². The maximum Gasteiger partial charge on any atom is 0.340 e. The Morgan fingerprint density at radius 2 is 2.18 bits per heavy atom. The molecule has 2 aromatic rings. The molecule has 0 atom stereocenters. The van der Waals surface area contributed by atoms with Crippen LogP contribution in [-0.4, -0.2) is 36.0 Å². The summed E-state index contributed by atoms with van der Waals surface area (Å²) < 4.78 is 1.52. The van der Waals surface area contributed by atoms with Gasteiger partial charge < -0.3 is 5.11 Å². The molecule has 7 nitrogen and oxygen atoms in total. The monoisotopic (exact) mass is 253 g/mol. The van der Waals surface area contributed by atoms with Gasteiger partial charge >= 0.3 is 5.97 Å². The van der Waals surface area contributed by atoms with Gasteiger partial charge in [0.1, 0.15) is 16.4 Å². The third-order valence-corrected chi connectivity index (χ3v) is 3.17. The summed E-state index contributed by atoms with van der Waals surface area (Å²) in [6.45, 7) is 3.44. The van der Waals surface area contributed by atoms with Crippen molar-refractivity contribution in [2.24, 2.45) is 7.05 Å². The fourth-order valence-corrected chi connectivity index (χ4v) is 2.41. The lowest BCUT2D eigenvalue weighted by Gasteiger charge is -1.99. The standard InChI is InChI=1S/C9H11N5O2S/c1-4-6(8(15)16)7(14(3)13-4)17-9-10-5(2)11-12-9/h1-3H3,(H,15,16)(H,10,11,12). The molecule has 2 rings (SSSR count). The first-order chi connectivity index (χ1) is 7.99. The number of carboxylic acids is 1. The second-order valence-electron chi connectivity index (χ2n) is 3.50. The van der Waals surface area contributed by atoms with E-state index in [0.717, 1.165) is 0 Å². The number of hydrogen-bond acceptors (Lipinski definition) is 5. The van der Waals surface area contributed by atoms with Crippen LogP contribution in [0.4, 0.5) is 0 Å². The molecule has 0 fully saturated rings. The van der Waals surface area contributed by atoms with Crippen molar-refractivity contribution in [1.29, 1.82) is 0 Å². The third-order valence-electron chi connectivity index (χ3n) is 2.15. The number of aromatic carboxylic acids is 1. The molecule has 2 aromatic heterocycles. The molecule has 0 aliphatic carbocycles. The minimum absolute atomic E-state index is 0.194. The second kappa shape index (κ2) is 4.21. The van der Waals surface area contributed by atoms with E-state index in [-0.39, 0.29) is 5.56 Å². The smallest absolute Gasteiger partial charge is 0.340 e. The van der Waals surface area contributed by atoms with Crippen LogP contribution in [0.5, 0.6) is 0 Å². The Labute approximate surface area is 101 Å². The van der Waals surface area contributed by atoms with E-state index in [1.54, 1.807) is 20.9 Å². The normalized spacial score (nSPS) is 10.8. The number of hydrogen-bond donors (Lipinski definition) is 2. The summed E-state index contributed by atoms with van der Waals surface area (Å²) in [6.07, 6.45) is 0. The average Bonchev–Trinajstić information content (AvgIpc) is 2.72. The van der Waals surface area contributed by atoms with Crippen molar-refractivity contribution >= 4 is 17.7 Å². The molecule has 0 aliphatic heterocycles. The first-order valence-corrected chi connectivity index (χ1v) is 5.64. The van der Waals surface area contributed by atoms with Crippen molar-refractivity contribution in [2.75, 3.05) is 0 Å². The van der Waals surface area contributed by atoms with Crippen molar-refractivity contribution < 1.29 is 9.90 Å². The van der Waals surface area contributed by atoms with Gasteiger partial charge in [0.05, 0.1) is 5.69 Å². The number of rotatable bonds is 3. The lowest BCUT2D eigenvalue weighted by atomic mass is 10.3. The van der Waals surface area contributed by atoms with Gasteiger partial charge in [0, 0.05) is 7.05 Å². The molecule has 0 bridgehead atoms. The average molecular weight is 253 g/mol. The number of carbonyl (C=O) groups is 1. The second-order valence-corrected chi connectivity index (χ2v) is 4.46. The van der Waals surface area contributed by atoms with Crippen LogP contribution in [0.15, 0.2) is 10.2 Å². The molecule has 0 aromatic carbocycles. The Kier molecular flexibility index (Phi) is 2.88. The van der Waals surface area contributed by atoms with Crippen LogP contribution < -0.4 is 0 Å². The van der Waals surface area contributed by atoms with Gasteiger partial charge in [-0.15, -0.1) is 5.10 Å². The molecule has 8 heteroatoms. The zero-order chi connectivity index (χ0) is 12.6. The van der Waals surface area contributed by atoms with Crippen molar-refractivity contribution in [2.45, 2.75) is 24.0 Å². The quantitative estimate of drug-likeness (QED) is 0.847. The van der Waals surface area contributed by atoms with Gasteiger partial charge in [-0.3, -0.25) is 9.78 Å². The first kappa shape index (κ1) is 11.6. The largest absolute Gasteiger partial charge is 0.478 e. The van der Waals surface area contributed by atoms with E-state index in [2.05, 4.69) is 20.3 Å². The van der Waals surface area contributed by atoms with E-state index in [1.165, 1.54) is 16.4 Å². The first-order valence-electron chi connectivity index (χ1n) is 4.82. The molecule has 2 heterocycles. The van der Waals surface area contributed by atoms with Gasteiger partial charge in [-0.25, -0.2) is 9.78 Å². The summed E-state index contributed by atoms with van der Waals surface area (Å²) >= 11 is 1.18. The Balaban J connectivity index is 2.41. The number of aryl methyl sites for hydroxylation is 3. The third kappa shape index (κ3) is 2.16. The lowest BCUT2D eigenvalue weighted by molar-refractivity contribution is 0.0692. The highest BCUT2D eigenvalue weighted by molar-refractivity contribution is 7.99. The molecule has 90 valence electrons.